The van der Waals surface area contributed by atoms with Crippen LogP contribution in [-0.2, 0) is 4.79 Å². The van der Waals surface area contributed by atoms with Crippen LogP contribution in [0.4, 0.5) is 0 Å². The molecule has 27 heavy (non-hydrogen) atoms. The van der Waals surface area contributed by atoms with E-state index in [-0.39, 0.29) is 17.9 Å². The summed E-state index contributed by atoms with van der Waals surface area (Å²) in [7, 11) is 1.45. The molecule has 8 heteroatoms. The van der Waals surface area contributed by atoms with Crippen LogP contribution in [0.5, 0.6) is 11.5 Å². The van der Waals surface area contributed by atoms with Crippen molar-refractivity contribution in [3.8, 4) is 11.5 Å². The summed E-state index contributed by atoms with van der Waals surface area (Å²) in [6, 6.07) is 9.99. The quantitative estimate of drug-likeness (QED) is 0.535. The number of rotatable bonds is 7. The number of benzene rings is 2. The summed E-state index contributed by atoms with van der Waals surface area (Å²) in [6.45, 7) is 2.26. The lowest BCUT2D eigenvalue weighted by atomic mass is 10.2. The molecular weight excluding hydrogens is 391 g/mol. The third-order valence-electron chi connectivity index (χ3n) is 3.66. The second-order valence-electron chi connectivity index (χ2n) is 5.71. The van der Waals surface area contributed by atoms with Crippen LogP contribution in [0.15, 0.2) is 36.4 Å². The molecule has 0 spiro atoms. The van der Waals surface area contributed by atoms with Crippen molar-refractivity contribution in [3.63, 3.8) is 0 Å². The van der Waals surface area contributed by atoms with Crippen LogP contribution in [0.25, 0.3) is 0 Å². The predicted octanol–water partition coefficient (Wildman–Crippen LogP) is 3.93. The molecule has 0 aromatic heterocycles. The molecule has 0 bridgehead atoms. The maximum atomic E-state index is 12.2. The average molecular weight is 411 g/mol. The highest BCUT2D eigenvalue weighted by Gasteiger charge is 2.13. The Balaban J connectivity index is 1.74. The topological polar surface area (TPSA) is 76.7 Å². The number of nitrogens with one attached hydrogen (secondary N) is 2. The zero-order valence-electron chi connectivity index (χ0n) is 15.0. The van der Waals surface area contributed by atoms with Gasteiger partial charge in [-0.05, 0) is 55.3 Å². The minimum atomic E-state index is -0.518. The molecule has 2 amide bonds. The van der Waals surface area contributed by atoms with Crippen LogP contribution in [0, 0.1) is 6.92 Å². The standard InChI is InChI=1S/C19H20Cl2N2O4/c1-12-10-13(20)5-7-16(12)27-9-3-4-18(24)22-23-19(25)15-11-14(21)6-8-17(15)26-2/h5-8,10-11H,3-4,9H2,1-2H3,(H,22,24)(H,23,25). The highest BCUT2D eigenvalue weighted by atomic mass is 35.5. The van der Waals surface area contributed by atoms with Crippen molar-refractivity contribution in [1.29, 1.82) is 0 Å². The van der Waals surface area contributed by atoms with Crippen LogP contribution in [0.1, 0.15) is 28.8 Å². The predicted molar refractivity (Wildman–Crippen MR) is 105 cm³/mol. The van der Waals surface area contributed by atoms with Crippen LogP contribution < -0.4 is 20.3 Å². The van der Waals surface area contributed by atoms with Crippen LogP contribution in [-0.4, -0.2) is 25.5 Å². The Morgan fingerprint density at radius 3 is 2.33 bits per heavy atom. The van der Waals surface area contributed by atoms with Crippen molar-refractivity contribution < 1.29 is 19.1 Å². The molecular formula is C19H20Cl2N2O4. The largest absolute Gasteiger partial charge is 0.496 e. The first-order chi connectivity index (χ1) is 12.9. The normalized spacial score (nSPS) is 10.2. The molecule has 0 saturated carbocycles. The summed E-state index contributed by atoms with van der Waals surface area (Å²) in [5.41, 5.74) is 5.86. The van der Waals surface area contributed by atoms with Gasteiger partial charge < -0.3 is 9.47 Å². The van der Waals surface area contributed by atoms with Gasteiger partial charge in [-0.15, -0.1) is 0 Å². The minimum absolute atomic E-state index is 0.194. The summed E-state index contributed by atoms with van der Waals surface area (Å²) in [5, 5.41) is 1.04. The van der Waals surface area contributed by atoms with Gasteiger partial charge in [-0.3, -0.25) is 20.4 Å². The number of ether oxygens (including phenoxy) is 2. The van der Waals surface area contributed by atoms with Gasteiger partial charge in [-0.25, -0.2) is 0 Å². The Labute approximate surface area is 167 Å². The van der Waals surface area contributed by atoms with E-state index in [9.17, 15) is 9.59 Å². The van der Waals surface area contributed by atoms with E-state index in [0.29, 0.717) is 28.8 Å². The van der Waals surface area contributed by atoms with Crippen LogP contribution >= 0.6 is 23.2 Å². The maximum absolute atomic E-state index is 12.2. The Hall–Kier alpha value is -2.44. The van der Waals surface area contributed by atoms with Crippen molar-refractivity contribution in [2.45, 2.75) is 19.8 Å². The first kappa shape index (κ1) is 20.9. The number of hydrogen-bond acceptors (Lipinski definition) is 4. The fourth-order valence-corrected chi connectivity index (χ4v) is 2.70. The highest BCUT2D eigenvalue weighted by Crippen LogP contribution is 2.23. The molecule has 144 valence electrons. The fourth-order valence-electron chi connectivity index (χ4n) is 2.30. The van der Waals surface area contributed by atoms with E-state index in [0.717, 1.165) is 11.3 Å². The highest BCUT2D eigenvalue weighted by molar-refractivity contribution is 6.31. The van der Waals surface area contributed by atoms with Gasteiger partial charge >= 0.3 is 0 Å². The molecule has 0 heterocycles. The van der Waals surface area contributed by atoms with Crippen molar-refractivity contribution in [1.82, 2.24) is 10.9 Å². The van der Waals surface area contributed by atoms with E-state index in [1.165, 1.54) is 13.2 Å². The molecule has 6 nitrogen and oxygen atoms in total. The molecule has 0 unspecified atom stereocenters. The van der Waals surface area contributed by atoms with E-state index in [1.807, 2.05) is 13.0 Å². The van der Waals surface area contributed by atoms with E-state index in [4.69, 9.17) is 32.7 Å². The first-order valence-electron chi connectivity index (χ1n) is 8.22. The first-order valence-corrected chi connectivity index (χ1v) is 8.98. The van der Waals surface area contributed by atoms with E-state index in [2.05, 4.69) is 10.9 Å². The third kappa shape index (κ3) is 6.34. The Morgan fingerprint density at radius 1 is 1.00 bits per heavy atom. The Kier molecular flexibility index (Phi) is 7.76. The van der Waals surface area contributed by atoms with Crippen molar-refractivity contribution in [2.75, 3.05) is 13.7 Å². The molecule has 0 saturated heterocycles. The monoisotopic (exact) mass is 410 g/mol. The second-order valence-corrected chi connectivity index (χ2v) is 6.58. The van der Waals surface area contributed by atoms with Crippen LogP contribution in [0.3, 0.4) is 0 Å². The summed E-state index contributed by atoms with van der Waals surface area (Å²) in [4.78, 5) is 24.0. The molecule has 0 radical (unpaired) electrons. The van der Waals surface area contributed by atoms with E-state index >= 15 is 0 Å². The smallest absolute Gasteiger partial charge is 0.273 e. The van der Waals surface area contributed by atoms with Gasteiger partial charge in [0, 0.05) is 16.5 Å². The second kappa shape index (κ2) is 10.0. The zero-order valence-corrected chi connectivity index (χ0v) is 16.5. The summed E-state index contributed by atoms with van der Waals surface area (Å²) in [6.07, 6.45) is 0.684. The number of aryl methyl sites for hydroxylation is 1. The number of methoxy groups -OCH3 is 1. The molecule has 0 atom stereocenters. The molecule has 2 N–H and O–H groups in total. The maximum Gasteiger partial charge on any atom is 0.273 e. The van der Waals surface area contributed by atoms with Gasteiger partial charge in [-0.1, -0.05) is 23.2 Å². The molecule has 0 aliphatic rings. The van der Waals surface area contributed by atoms with Crippen LogP contribution in [0.2, 0.25) is 10.0 Å². The fraction of sp³-hybridized carbons (Fsp3) is 0.263. The molecule has 0 aliphatic heterocycles. The lowest BCUT2D eigenvalue weighted by molar-refractivity contribution is -0.122. The lowest BCUT2D eigenvalue weighted by Gasteiger charge is -2.11. The molecule has 0 aliphatic carbocycles. The van der Waals surface area contributed by atoms with Gasteiger partial charge in [0.05, 0.1) is 19.3 Å². The number of hydrazine groups is 1. The third-order valence-corrected chi connectivity index (χ3v) is 4.13. The Bertz CT molecular complexity index is 827. The van der Waals surface area contributed by atoms with Gasteiger partial charge in [0.25, 0.3) is 5.91 Å². The molecule has 2 rings (SSSR count). The van der Waals surface area contributed by atoms with E-state index < -0.39 is 5.91 Å². The summed E-state index contributed by atoms with van der Waals surface area (Å²) >= 11 is 11.8. The van der Waals surface area contributed by atoms with Crippen molar-refractivity contribution in [2.24, 2.45) is 0 Å². The number of carbonyl (C=O) groups is 2. The lowest BCUT2D eigenvalue weighted by Crippen LogP contribution is -2.41. The SMILES string of the molecule is COc1ccc(Cl)cc1C(=O)NNC(=O)CCCOc1ccc(Cl)cc1C. The van der Waals surface area contributed by atoms with E-state index in [1.54, 1.807) is 24.3 Å². The summed E-state index contributed by atoms with van der Waals surface area (Å²) < 4.78 is 10.7. The number of hydrogen-bond donors (Lipinski definition) is 2. The molecule has 2 aromatic rings. The molecule has 0 fully saturated rings. The number of amides is 2. The van der Waals surface area contributed by atoms with Crippen molar-refractivity contribution >= 4 is 35.0 Å². The number of carbonyl (C=O) groups excluding carboxylic acids is 2. The number of halogens is 2. The summed E-state index contributed by atoms with van der Waals surface area (Å²) in [5.74, 6) is 0.232. The average Bonchev–Trinajstić information content (AvgIpc) is 2.64. The molecule has 2 aromatic carbocycles. The minimum Gasteiger partial charge on any atom is -0.496 e. The van der Waals surface area contributed by atoms with Gasteiger partial charge in [0.15, 0.2) is 0 Å². The van der Waals surface area contributed by atoms with Gasteiger partial charge in [0.1, 0.15) is 11.5 Å². The van der Waals surface area contributed by atoms with Crippen molar-refractivity contribution in [3.05, 3.63) is 57.6 Å². The van der Waals surface area contributed by atoms with Gasteiger partial charge in [-0.2, -0.15) is 0 Å². The van der Waals surface area contributed by atoms with Gasteiger partial charge in [0.2, 0.25) is 5.91 Å². The Morgan fingerprint density at radius 2 is 1.67 bits per heavy atom. The zero-order chi connectivity index (χ0) is 19.8.